The second kappa shape index (κ2) is 5.49. The molecule has 0 bridgehead atoms. The van der Waals surface area contributed by atoms with Crippen LogP contribution in [0, 0.1) is 13.8 Å². The Morgan fingerprint density at radius 2 is 1.94 bits per heavy atom. The zero-order chi connectivity index (χ0) is 13.0. The highest BCUT2D eigenvalue weighted by molar-refractivity contribution is 5.46. The minimum atomic E-state index is 0.560. The Morgan fingerprint density at radius 3 is 2.67 bits per heavy atom. The monoisotopic (exact) mass is 243 g/mol. The van der Waals surface area contributed by atoms with Gasteiger partial charge in [-0.1, -0.05) is 18.2 Å². The molecule has 0 unspecified atom stereocenters. The molecule has 1 heterocycles. The van der Waals surface area contributed by atoms with Gasteiger partial charge in [0, 0.05) is 23.9 Å². The average molecular weight is 243 g/mol. The van der Waals surface area contributed by atoms with Crippen molar-refractivity contribution < 1.29 is 4.74 Å². The van der Waals surface area contributed by atoms with Crippen LogP contribution in [-0.2, 0) is 6.42 Å². The first-order valence-electron chi connectivity index (χ1n) is 5.93. The molecule has 1 aromatic carbocycles. The molecule has 0 atom stereocenters. The predicted molar refractivity (Wildman–Crippen MR) is 71.6 cm³/mol. The van der Waals surface area contributed by atoms with Gasteiger partial charge in [-0.15, -0.1) is 0 Å². The third-order valence-corrected chi connectivity index (χ3v) is 2.62. The van der Waals surface area contributed by atoms with E-state index in [1.807, 2.05) is 44.2 Å². The summed E-state index contributed by atoms with van der Waals surface area (Å²) in [7, 11) is 0. The molecule has 0 aliphatic carbocycles. The molecule has 1 aromatic heterocycles. The Labute approximate surface area is 107 Å². The highest BCUT2D eigenvalue weighted by Crippen LogP contribution is 2.13. The summed E-state index contributed by atoms with van der Waals surface area (Å²) in [5, 5.41) is 0. The van der Waals surface area contributed by atoms with Crippen LogP contribution in [0.25, 0.3) is 0 Å². The molecule has 0 aliphatic heterocycles. The van der Waals surface area contributed by atoms with E-state index in [0.29, 0.717) is 12.5 Å². The number of nitrogens with zero attached hydrogens (tertiary/aromatic N) is 2. The highest BCUT2D eigenvalue weighted by atomic mass is 16.5. The predicted octanol–water partition coefficient (Wildman–Crippen LogP) is 2.30. The van der Waals surface area contributed by atoms with Gasteiger partial charge in [0.1, 0.15) is 5.82 Å². The maximum absolute atomic E-state index is 5.87. The Hall–Kier alpha value is -2.10. The van der Waals surface area contributed by atoms with Gasteiger partial charge < -0.3 is 10.5 Å². The fraction of sp³-hybridized carbons (Fsp3) is 0.286. The number of aromatic nitrogens is 2. The number of nitrogen functional groups attached to an aromatic ring is 1. The third-order valence-electron chi connectivity index (χ3n) is 2.62. The van der Waals surface area contributed by atoms with E-state index in [2.05, 4.69) is 9.97 Å². The SMILES string of the molecule is Cc1cc(OCCc2ccccc2N)nc(C)n1. The summed E-state index contributed by atoms with van der Waals surface area (Å²) in [6.45, 7) is 4.34. The number of aryl methyl sites for hydroxylation is 2. The summed E-state index contributed by atoms with van der Waals surface area (Å²) in [5.41, 5.74) is 8.68. The molecule has 0 aliphatic rings. The van der Waals surface area contributed by atoms with Gasteiger partial charge in [0.15, 0.2) is 0 Å². The smallest absolute Gasteiger partial charge is 0.216 e. The molecule has 0 fully saturated rings. The van der Waals surface area contributed by atoms with Crippen molar-refractivity contribution in [3.63, 3.8) is 0 Å². The Bertz CT molecular complexity index is 520. The standard InChI is InChI=1S/C14H17N3O/c1-10-9-14(17-11(2)16-10)18-8-7-12-5-3-4-6-13(12)15/h3-6,9H,7-8,15H2,1-2H3. The van der Waals surface area contributed by atoms with Gasteiger partial charge >= 0.3 is 0 Å². The maximum Gasteiger partial charge on any atom is 0.216 e. The Kier molecular flexibility index (Phi) is 3.77. The lowest BCUT2D eigenvalue weighted by Crippen LogP contribution is -2.06. The van der Waals surface area contributed by atoms with Crippen molar-refractivity contribution in [2.75, 3.05) is 12.3 Å². The van der Waals surface area contributed by atoms with Crippen LogP contribution in [0.5, 0.6) is 5.88 Å². The fourth-order valence-electron chi connectivity index (χ4n) is 1.78. The van der Waals surface area contributed by atoms with Crippen LogP contribution in [0.4, 0.5) is 5.69 Å². The van der Waals surface area contributed by atoms with E-state index in [-0.39, 0.29) is 0 Å². The summed E-state index contributed by atoms with van der Waals surface area (Å²) >= 11 is 0. The highest BCUT2D eigenvalue weighted by Gasteiger charge is 2.01. The third kappa shape index (κ3) is 3.20. The van der Waals surface area contributed by atoms with Crippen LogP contribution in [0.1, 0.15) is 17.1 Å². The van der Waals surface area contributed by atoms with Crippen molar-refractivity contribution in [3.05, 3.63) is 47.4 Å². The van der Waals surface area contributed by atoms with Gasteiger partial charge in [0.2, 0.25) is 5.88 Å². The van der Waals surface area contributed by atoms with Crippen molar-refractivity contribution in [2.24, 2.45) is 0 Å². The van der Waals surface area contributed by atoms with E-state index in [9.17, 15) is 0 Å². The molecule has 0 radical (unpaired) electrons. The molecular formula is C14H17N3O. The van der Waals surface area contributed by atoms with Crippen molar-refractivity contribution in [2.45, 2.75) is 20.3 Å². The zero-order valence-electron chi connectivity index (χ0n) is 10.7. The van der Waals surface area contributed by atoms with Crippen molar-refractivity contribution in [1.29, 1.82) is 0 Å². The molecule has 0 amide bonds. The van der Waals surface area contributed by atoms with Gasteiger partial charge in [-0.2, -0.15) is 4.98 Å². The van der Waals surface area contributed by atoms with Crippen LogP contribution in [-0.4, -0.2) is 16.6 Å². The number of rotatable bonds is 4. The first-order valence-corrected chi connectivity index (χ1v) is 5.93. The van der Waals surface area contributed by atoms with E-state index < -0.39 is 0 Å². The summed E-state index contributed by atoms with van der Waals surface area (Å²) in [6.07, 6.45) is 0.773. The molecule has 0 saturated carbocycles. The summed E-state index contributed by atoms with van der Waals surface area (Å²) < 4.78 is 5.62. The first kappa shape index (κ1) is 12.4. The molecule has 18 heavy (non-hydrogen) atoms. The van der Waals surface area contributed by atoms with E-state index in [4.69, 9.17) is 10.5 Å². The first-order chi connectivity index (χ1) is 8.65. The van der Waals surface area contributed by atoms with Gasteiger partial charge in [-0.05, 0) is 25.5 Å². The molecule has 94 valence electrons. The van der Waals surface area contributed by atoms with Gasteiger partial charge in [0.05, 0.1) is 6.61 Å². The van der Waals surface area contributed by atoms with E-state index in [0.717, 1.165) is 29.2 Å². The van der Waals surface area contributed by atoms with E-state index in [1.54, 1.807) is 0 Å². The number of ether oxygens (including phenoxy) is 1. The minimum absolute atomic E-state index is 0.560. The summed E-state index contributed by atoms with van der Waals surface area (Å²) in [5.74, 6) is 1.35. The van der Waals surface area contributed by atoms with Crippen molar-refractivity contribution in [1.82, 2.24) is 9.97 Å². The average Bonchev–Trinajstić information content (AvgIpc) is 2.30. The second-order valence-corrected chi connectivity index (χ2v) is 4.19. The second-order valence-electron chi connectivity index (χ2n) is 4.19. The quantitative estimate of drug-likeness (QED) is 0.837. The van der Waals surface area contributed by atoms with Crippen LogP contribution in [0.2, 0.25) is 0 Å². The molecule has 4 nitrogen and oxygen atoms in total. The molecule has 0 saturated heterocycles. The lowest BCUT2D eigenvalue weighted by molar-refractivity contribution is 0.308. The number of hydrogen-bond donors (Lipinski definition) is 1. The van der Waals surface area contributed by atoms with Crippen LogP contribution in [0.15, 0.2) is 30.3 Å². The normalized spacial score (nSPS) is 10.3. The molecule has 0 spiro atoms. The number of para-hydroxylation sites is 1. The minimum Gasteiger partial charge on any atom is -0.477 e. The molecule has 4 heteroatoms. The molecule has 2 aromatic rings. The number of anilines is 1. The molecule has 2 N–H and O–H groups in total. The number of hydrogen-bond acceptors (Lipinski definition) is 4. The summed E-state index contributed by atoms with van der Waals surface area (Å²) in [4.78, 5) is 8.43. The Morgan fingerprint density at radius 1 is 1.17 bits per heavy atom. The lowest BCUT2D eigenvalue weighted by Gasteiger charge is -2.08. The van der Waals surface area contributed by atoms with Crippen LogP contribution >= 0.6 is 0 Å². The van der Waals surface area contributed by atoms with Gasteiger partial charge in [-0.25, -0.2) is 4.98 Å². The maximum atomic E-state index is 5.87. The largest absolute Gasteiger partial charge is 0.477 e. The number of nitrogens with two attached hydrogens (primary N) is 1. The van der Waals surface area contributed by atoms with E-state index >= 15 is 0 Å². The lowest BCUT2D eigenvalue weighted by atomic mass is 10.1. The van der Waals surface area contributed by atoms with Crippen molar-refractivity contribution >= 4 is 5.69 Å². The molecule has 2 rings (SSSR count). The summed E-state index contributed by atoms with van der Waals surface area (Å²) in [6, 6.07) is 9.65. The van der Waals surface area contributed by atoms with Crippen molar-refractivity contribution in [3.8, 4) is 5.88 Å². The molecular weight excluding hydrogens is 226 g/mol. The van der Waals surface area contributed by atoms with E-state index in [1.165, 1.54) is 0 Å². The fourth-order valence-corrected chi connectivity index (χ4v) is 1.78. The zero-order valence-corrected chi connectivity index (χ0v) is 10.7. The number of benzene rings is 1. The Balaban J connectivity index is 1.94. The van der Waals surface area contributed by atoms with Gasteiger partial charge in [0.25, 0.3) is 0 Å². The topological polar surface area (TPSA) is 61.0 Å². The van der Waals surface area contributed by atoms with Crippen LogP contribution in [0.3, 0.4) is 0 Å². The van der Waals surface area contributed by atoms with Gasteiger partial charge in [-0.3, -0.25) is 0 Å². The van der Waals surface area contributed by atoms with Crippen LogP contribution < -0.4 is 10.5 Å².